The Morgan fingerprint density at radius 1 is 0.633 bits per heavy atom. The molecule has 0 aromatic heterocycles. The third kappa shape index (κ3) is 20.0. The number of ether oxygens (including phenoxy) is 1. The first kappa shape index (κ1) is 33.3. The number of hydrogen-bond acceptors (Lipinski definition) is 10. The molecular formula is C18H41ClN6O5. The van der Waals surface area contributed by atoms with Gasteiger partial charge >= 0.3 is 17.9 Å². The molecule has 3 unspecified atom stereocenters. The predicted molar refractivity (Wildman–Crippen MR) is 119 cm³/mol. The van der Waals surface area contributed by atoms with E-state index in [0.717, 1.165) is 38.5 Å². The molecule has 0 spiro atoms. The maximum absolute atomic E-state index is 11.5. The van der Waals surface area contributed by atoms with Crippen LogP contribution in [0.15, 0.2) is 0 Å². The lowest BCUT2D eigenvalue weighted by Crippen LogP contribution is -2.39. The van der Waals surface area contributed by atoms with E-state index in [1.54, 1.807) is 0 Å². The fourth-order valence-electron chi connectivity index (χ4n) is 2.14. The van der Waals surface area contributed by atoms with Crippen molar-refractivity contribution in [3.05, 3.63) is 0 Å². The van der Waals surface area contributed by atoms with E-state index in [1.165, 1.54) is 0 Å². The van der Waals surface area contributed by atoms with Crippen LogP contribution in [0.3, 0.4) is 0 Å². The molecule has 0 aromatic rings. The predicted octanol–water partition coefficient (Wildman–Crippen LogP) is -1.08. The Kier molecular flexibility index (Phi) is 24.8. The molecule has 13 N–H and O–H groups in total. The Hall–Kier alpha value is -1.34. The highest BCUT2D eigenvalue weighted by Crippen LogP contribution is 2.04. The lowest BCUT2D eigenvalue weighted by molar-refractivity contribution is -0.161. The molecule has 0 aliphatic heterocycles. The third-order valence-corrected chi connectivity index (χ3v) is 4.03. The van der Waals surface area contributed by atoms with Crippen molar-refractivity contribution in [3.8, 4) is 0 Å². The number of aliphatic carboxylic acids is 1. The minimum Gasteiger partial charge on any atom is -0.480 e. The van der Waals surface area contributed by atoms with Crippen molar-refractivity contribution >= 4 is 30.3 Å². The second-order valence-electron chi connectivity index (χ2n) is 6.75. The van der Waals surface area contributed by atoms with Gasteiger partial charge in [0.05, 0.1) is 0 Å². The van der Waals surface area contributed by atoms with E-state index in [1.807, 2.05) is 0 Å². The molecule has 30 heavy (non-hydrogen) atoms. The summed E-state index contributed by atoms with van der Waals surface area (Å²) in [5.41, 5.74) is 32.3. The van der Waals surface area contributed by atoms with Crippen LogP contribution in [0, 0.1) is 0 Å². The highest BCUT2D eigenvalue weighted by molar-refractivity contribution is 5.90. The van der Waals surface area contributed by atoms with Gasteiger partial charge < -0.3 is 44.2 Å². The number of hydrogen-bond donors (Lipinski definition) is 7. The lowest BCUT2D eigenvalue weighted by Gasteiger charge is -2.13. The monoisotopic (exact) mass is 456 g/mol. The number of esters is 2. The van der Waals surface area contributed by atoms with Crippen molar-refractivity contribution in [1.29, 1.82) is 0 Å². The number of rotatable bonds is 15. The topological polar surface area (TPSA) is 237 Å². The van der Waals surface area contributed by atoms with E-state index >= 15 is 0 Å². The molecule has 3 atom stereocenters. The molecule has 0 heterocycles. The van der Waals surface area contributed by atoms with Gasteiger partial charge in [-0.15, -0.1) is 12.4 Å². The van der Waals surface area contributed by atoms with Crippen LogP contribution in [0.2, 0.25) is 0 Å². The van der Waals surface area contributed by atoms with Crippen molar-refractivity contribution in [2.75, 3.05) is 19.6 Å². The number of unbranched alkanes of at least 4 members (excludes halogenated alkanes) is 3. The van der Waals surface area contributed by atoms with E-state index in [-0.39, 0.29) is 12.4 Å². The normalized spacial score (nSPS) is 13.1. The van der Waals surface area contributed by atoms with Crippen LogP contribution < -0.4 is 34.4 Å². The summed E-state index contributed by atoms with van der Waals surface area (Å²) in [6, 6.07) is -2.31. The Labute approximate surface area is 185 Å². The van der Waals surface area contributed by atoms with Crippen molar-refractivity contribution in [3.63, 3.8) is 0 Å². The van der Waals surface area contributed by atoms with Crippen LogP contribution in [0.25, 0.3) is 0 Å². The van der Waals surface area contributed by atoms with Gasteiger partial charge in [-0.05, 0) is 58.2 Å². The maximum Gasteiger partial charge on any atom is 0.330 e. The molecule has 0 bridgehead atoms. The van der Waals surface area contributed by atoms with E-state index in [9.17, 15) is 14.4 Å². The smallest absolute Gasteiger partial charge is 0.330 e. The first-order chi connectivity index (χ1) is 13.7. The average molecular weight is 457 g/mol. The molecule has 11 nitrogen and oxygen atoms in total. The van der Waals surface area contributed by atoms with Crippen molar-refractivity contribution in [1.82, 2.24) is 0 Å². The Morgan fingerprint density at radius 3 is 1.20 bits per heavy atom. The van der Waals surface area contributed by atoms with Gasteiger partial charge in [-0.2, -0.15) is 0 Å². The van der Waals surface area contributed by atoms with Crippen LogP contribution in [-0.2, 0) is 19.1 Å². The van der Waals surface area contributed by atoms with E-state index in [2.05, 4.69) is 4.74 Å². The van der Waals surface area contributed by atoms with Crippen LogP contribution in [0.4, 0.5) is 0 Å². The average Bonchev–Trinajstić information content (AvgIpc) is 2.68. The van der Waals surface area contributed by atoms with Gasteiger partial charge in [0.15, 0.2) is 0 Å². The minimum atomic E-state index is -0.933. The van der Waals surface area contributed by atoms with Crippen LogP contribution in [-0.4, -0.2) is 60.8 Å². The van der Waals surface area contributed by atoms with Crippen LogP contribution in [0.1, 0.15) is 57.8 Å². The van der Waals surface area contributed by atoms with Gasteiger partial charge in [-0.3, -0.25) is 4.79 Å². The van der Waals surface area contributed by atoms with Crippen LogP contribution in [0.5, 0.6) is 0 Å². The third-order valence-electron chi connectivity index (χ3n) is 4.03. The summed E-state index contributed by atoms with van der Waals surface area (Å²) in [5, 5.41) is 8.33. The van der Waals surface area contributed by atoms with E-state index in [4.69, 9.17) is 39.5 Å². The van der Waals surface area contributed by atoms with Crippen LogP contribution >= 0.6 is 12.4 Å². The summed E-state index contributed by atoms with van der Waals surface area (Å²) in [5.74, 6) is -2.38. The fourth-order valence-corrected chi connectivity index (χ4v) is 2.14. The van der Waals surface area contributed by atoms with Gasteiger partial charge in [0.1, 0.15) is 18.1 Å². The first-order valence-electron chi connectivity index (χ1n) is 10.1. The zero-order valence-electron chi connectivity index (χ0n) is 17.7. The highest BCUT2D eigenvalue weighted by Gasteiger charge is 2.22. The van der Waals surface area contributed by atoms with Crippen molar-refractivity contribution < 1.29 is 24.2 Å². The number of carbonyl (C=O) groups excluding carboxylic acids is 2. The number of halogens is 1. The Bertz CT molecular complexity index is 433. The summed E-state index contributed by atoms with van der Waals surface area (Å²) in [4.78, 5) is 33.2. The van der Waals surface area contributed by atoms with Gasteiger partial charge in [-0.25, -0.2) is 9.59 Å². The maximum atomic E-state index is 11.5. The molecule has 12 heteroatoms. The number of nitrogens with two attached hydrogens (primary N) is 6. The molecule has 0 rings (SSSR count). The SMILES string of the molecule is Cl.NCCCCC(N)C(=O)O.NCCCCC(N)C(=O)OC(=O)C(N)CCCCN. The Morgan fingerprint density at radius 2 is 0.933 bits per heavy atom. The Balaban J connectivity index is -0.000000563. The molecule has 0 amide bonds. The second kappa shape index (κ2) is 22.3. The van der Waals surface area contributed by atoms with Gasteiger partial charge in [0, 0.05) is 0 Å². The number of carboxylic acids is 1. The molecule has 0 saturated heterocycles. The summed E-state index contributed by atoms with van der Waals surface area (Å²) < 4.78 is 4.64. The molecule has 0 aromatic carbocycles. The van der Waals surface area contributed by atoms with Gasteiger partial charge in [0.25, 0.3) is 0 Å². The molecule has 0 aliphatic rings. The summed E-state index contributed by atoms with van der Waals surface area (Å²) >= 11 is 0. The minimum absolute atomic E-state index is 0. The summed E-state index contributed by atoms with van der Waals surface area (Å²) in [6.45, 7) is 1.70. The van der Waals surface area contributed by atoms with E-state index < -0.39 is 36.0 Å². The van der Waals surface area contributed by atoms with Gasteiger partial charge in [0.2, 0.25) is 0 Å². The van der Waals surface area contributed by atoms with E-state index in [0.29, 0.717) is 38.9 Å². The molecular weight excluding hydrogens is 416 g/mol. The lowest BCUT2D eigenvalue weighted by atomic mass is 10.1. The fraction of sp³-hybridized carbons (Fsp3) is 0.833. The second-order valence-corrected chi connectivity index (χ2v) is 6.75. The summed E-state index contributed by atoms with van der Waals surface area (Å²) in [7, 11) is 0. The van der Waals surface area contributed by atoms with Gasteiger partial charge in [-0.1, -0.05) is 19.3 Å². The first-order valence-corrected chi connectivity index (χ1v) is 10.1. The zero-order chi connectivity index (χ0) is 22.7. The molecule has 0 radical (unpaired) electrons. The standard InChI is InChI=1S/C12H26N4O3.C6H14N2O2.ClH/c13-7-3-1-5-9(15)11(17)19-12(18)10(16)6-2-4-8-14;7-4-2-1-3-5(8)6(9)10;/h9-10H,1-8,13-16H2;5H,1-4,7-8H2,(H,9,10);1H. The summed E-state index contributed by atoms with van der Waals surface area (Å²) in [6.07, 6.45) is 6.09. The highest BCUT2D eigenvalue weighted by atomic mass is 35.5. The zero-order valence-corrected chi connectivity index (χ0v) is 18.5. The molecule has 180 valence electrons. The quantitative estimate of drug-likeness (QED) is 0.0887. The molecule has 0 fully saturated rings. The van der Waals surface area contributed by atoms with Crippen molar-refractivity contribution in [2.24, 2.45) is 34.4 Å². The largest absolute Gasteiger partial charge is 0.480 e. The molecule has 0 aliphatic carbocycles. The molecule has 0 saturated carbocycles. The van der Waals surface area contributed by atoms with Crippen molar-refractivity contribution in [2.45, 2.75) is 75.9 Å². The number of carbonyl (C=O) groups is 3. The number of carboxylic acid groups (broad SMARTS) is 1.